The number of esters is 1. The summed E-state index contributed by atoms with van der Waals surface area (Å²) in [6, 6.07) is 2.05. The molecule has 3 heteroatoms. The predicted octanol–water partition coefficient (Wildman–Crippen LogP) is 2.90. The van der Waals surface area contributed by atoms with Gasteiger partial charge in [-0.3, -0.25) is 4.79 Å². The minimum absolute atomic E-state index is 0.133. The number of rotatable bonds is 3. The molecule has 0 radical (unpaired) electrons. The van der Waals surface area contributed by atoms with Gasteiger partial charge in [0.05, 0.1) is 13.4 Å². The average Bonchev–Trinajstić information content (AvgIpc) is 2.75. The SMILES string of the molecule is COC(=O)CC[C@@H]1c2occc2CC[C@H]1C. The highest BCUT2D eigenvalue weighted by atomic mass is 16.5. The summed E-state index contributed by atoms with van der Waals surface area (Å²) in [7, 11) is 1.44. The zero-order valence-corrected chi connectivity index (χ0v) is 9.86. The van der Waals surface area contributed by atoms with Crippen molar-refractivity contribution in [1.29, 1.82) is 0 Å². The number of furan rings is 1. The Morgan fingerprint density at radius 2 is 2.44 bits per heavy atom. The van der Waals surface area contributed by atoms with E-state index in [1.54, 1.807) is 6.26 Å². The van der Waals surface area contributed by atoms with Gasteiger partial charge in [-0.1, -0.05) is 6.92 Å². The molecule has 1 aromatic heterocycles. The van der Waals surface area contributed by atoms with Gasteiger partial charge in [-0.15, -0.1) is 0 Å². The molecule has 0 saturated carbocycles. The minimum atomic E-state index is -0.133. The maximum Gasteiger partial charge on any atom is 0.305 e. The van der Waals surface area contributed by atoms with Gasteiger partial charge >= 0.3 is 5.97 Å². The van der Waals surface area contributed by atoms with Gasteiger partial charge in [0.2, 0.25) is 0 Å². The van der Waals surface area contributed by atoms with Gasteiger partial charge in [-0.25, -0.2) is 0 Å². The number of methoxy groups -OCH3 is 1. The van der Waals surface area contributed by atoms with Gasteiger partial charge in [-0.05, 0) is 36.8 Å². The Morgan fingerprint density at radius 1 is 1.62 bits per heavy atom. The largest absolute Gasteiger partial charge is 0.469 e. The Bertz CT molecular complexity index is 367. The summed E-state index contributed by atoms with van der Waals surface area (Å²) >= 11 is 0. The highest BCUT2D eigenvalue weighted by Crippen LogP contribution is 2.39. The Kier molecular flexibility index (Phi) is 3.32. The van der Waals surface area contributed by atoms with Crippen LogP contribution in [0, 0.1) is 5.92 Å². The maximum absolute atomic E-state index is 11.2. The van der Waals surface area contributed by atoms with Crippen molar-refractivity contribution in [3.63, 3.8) is 0 Å². The van der Waals surface area contributed by atoms with Crippen molar-refractivity contribution in [3.05, 3.63) is 23.7 Å². The van der Waals surface area contributed by atoms with Crippen LogP contribution in [-0.4, -0.2) is 13.1 Å². The smallest absolute Gasteiger partial charge is 0.305 e. The first-order valence-electron chi connectivity index (χ1n) is 5.85. The quantitative estimate of drug-likeness (QED) is 0.738. The van der Waals surface area contributed by atoms with Gasteiger partial charge in [-0.2, -0.15) is 0 Å². The molecule has 2 atom stereocenters. The van der Waals surface area contributed by atoms with Crippen molar-refractivity contribution in [1.82, 2.24) is 0 Å². The van der Waals surface area contributed by atoms with Crippen LogP contribution in [0.5, 0.6) is 0 Å². The van der Waals surface area contributed by atoms with E-state index in [1.807, 2.05) is 6.07 Å². The monoisotopic (exact) mass is 222 g/mol. The van der Waals surface area contributed by atoms with Gasteiger partial charge in [0, 0.05) is 12.3 Å². The highest BCUT2D eigenvalue weighted by Gasteiger charge is 2.29. The first-order valence-corrected chi connectivity index (χ1v) is 5.85. The maximum atomic E-state index is 11.2. The van der Waals surface area contributed by atoms with E-state index < -0.39 is 0 Å². The Balaban J connectivity index is 2.06. The number of carbonyl (C=O) groups excluding carboxylic acids is 1. The number of ether oxygens (including phenoxy) is 1. The van der Waals surface area contributed by atoms with Crippen LogP contribution in [0.1, 0.15) is 43.4 Å². The fourth-order valence-corrected chi connectivity index (χ4v) is 2.51. The van der Waals surface area contributed by atoms with Crippen LogP contribution in [0.25, 0.3) is 0 Å². The zero-order chi connectivity index (χ0) is 11.5. The highest BCUT2D eigenvalue weighted by molar-refractivity contribution is 5.69. The Morgan fingerprint density at radius 3 is 3.19 bits per heavy atom. The molecule has 0 aliphatic heterocycles. The predicted molar refractivity (Wildman–Crippen MR) is 60.2 cm³/mol. The molecule has 0 unspecified atom stereocenters. The van der Waals surface area contributed by atoms with Crippen LogP contribution in [0.4, 0.5) is 0 Å². The van der Waals surface area contributed by atoms with E-state index in [0.29, 0.717) is 18.3 Å². The second-order valence-electron chi connectivity index (χ2n) is 4.55. The molecular weight excluding hydrogens is 204 g/mol. The normalized spacial score (nSPS) is 23.9. The molecule has 0 bridgehead atoms. The molecule has 1 aliphatic rings. The second kappa shape index (κ2) is 4.73. The first-order chi connectivity index (χ1) is 7.72. The summed E-state index contributed by atoms with van der Waals surface area (Å²) in [5.41, 5.74) is 1.31. The van der Waals surface area contributed by atoms with Crippen LogP contribution < -0.4 is 0 Å². The van der Waals surface area contributed by atoms with Gasteiger partial charge in [0.1, 0.15) is 5.76 Å². The van der Waals surface area contributed by atoms with Gasteiger partial charge in [0.25, 0.3) is 0 Å². The van der Waals surface area contributed by atoms with Crippen LogP contribution in [0.2, 0.25) is 0 Å². The van der Waals surface area contributed by atoms with E-state index in [4.69, 9.17) is 4.42 Å². The van der Waals surface area contributed by atoms with Crippen LogP contribution in [0.3, 0.4) is 0 Å². The summed E-state index contributed by atoms with van der Waals surface area (Å²) in [6.45, 7) is 2.23. The topological polar surface area (TPSA) is 39.4 Å². The van der Waals surface area contributed by atoms with Crippen molar-refractivity contribution in [3.8, 4) is 0 Å². The van der Waals surface area contributed by atoms with E-state index in [-0.39, 0.29) is 5.97 Å². The average molecular weight is 222 g/mol. The van der Waals surface area contributed by atoms with Crippen molar-refractivity contribution in [2.24, 2.45) is 5.92 Å². The summed E-state index contributed by atoms with van der Waals surface area (Å²) in [5, 5.41) is 0. The molecule has 1 aromatic rings. The molecule has 16 heavy (non-hydrogen) atoms. The van der Waals surface area contributed by atoms with Crippen molar-refractivity contribution < 1.29 is 13.9 Å². The van der Waals surface area contributed by atoms with Crippen molar-refractivity contribution in [2.75, 3.05) is 7.11 Å². The second-order valence-corrected chi connectivity index (χ2v) is 4.55. The summed E-state index contributed by atoms with van der Waals surface area (Å²) in [6.07, 6.45) is 5.34. The van der Waals surface area contributed by atoms with E-state index in [0.717, 1.165) is 18.6 Å². The fourth-order valence-electron chi connectivity index (χ4n) is 2.51. The van der Waals surface area contributed by atoms with Crippen LogP contribution in [-0.2, 0) is 16.0 Å². The van der Waals surface area contributed by atoms with Crippen LogP contribution in [0.15, 0.2) is 16.7 Å². The molecule has 88 valence electrons. The third-order valence-corrected chi connectivity index (χ3v) is 3.56. The standard InChI is InChI=1S/C13H18O3/c1-9-3-4-10-7-8-16-13(10)11(9)5-6-12(14)15-2/h7-9,11H,3-6H2,1-2H3/t9-,11+/m1/s1. The molecule has 3 nitrogen and oxygen atoms in total. The molecule has 1 heterocycles. The lowest BCUT2D eigenvalue weighted by Crippen LogP contribution is -2.18. The minimum Gasteiger partial charge on any atom is -0.469 e. The first kappa shape index (κ1) is 11.2. The number of hydrogen-bond donors (Lipinski definition) is 0. The van der Waals surface area contributed by atoms with Crippen LogP contribution >= 0.6 is 0 Å². The molecule has 0 N–H and O–H groups in total. The third-order valence-electron chi connectivity index (χ3n) is 3.56. The molecule has 0 fully saturated rings. The van der Waals surface area contributed by atoms with E-state index in [1.165, 1.54) is 19.1 Å². The third kappa shape index (κ3) is 2.13. The van der Waals surface area contributed by atoms with E-state index >= 15 is 0 Å². The van der Waals surface area contributed by atoms with Crippen molar-refractivity contribution in [2.45, 2.75) is 38.5 Å². The molecule has 2 rings (SSSR count). The lowest BCUT2D eigenvalue weighted by Gasteiger charge is -2.27. The van der Waals surface area contributed by atoms with E-state index in [2.05, 4.69) is 11.7 Å². The van der Waals surface area contributed by atoms with E-state index in [9.17, 15) is 4.79 Å². The van der Waals surface area contributed by atoms with Gasteiger partial charge < -0.3 is 9.15 Å². The fraction of sp³-hybridized carbons (Fsp3) is 0.615. The summed E-state index contributed by atoms with van der Waals surface area (Å²) in [4.78, 5) is 11.2. The molecule has 0 aromatic carbocycles. The summed E-state index contributed by atoms with van der Waals surface area (Å²) < 4.78 is 10.2. The summed E-state index contributed by atoms with van der Waals surface area (Å²) in [5.74, 6) is 1.91. The Labute approximate surface area is 95.8 Å². The van der Waals surface area contributed by atoms with Gasteiger partial charge in [0.15, 0.2) is 0 Å². The number of carbonyl (C=O) groups is 1. The lowest BCUT2D eigenvalue weighted by atomic mass is 9.78. The zero-order valence-electron chi connectivity index (χ0n) is 9.86. The molecule has 0 amide bonds. The molecular formula is C13H18O3. The molecule has 0 saturated heterocycles. The Hall–Kier alpha value is -1.25. The number of hydrogen-bond acceptors (Lipinski definition) is 3. The lowest BCUT2D eigenvalue weighted by molar-refractivity contribution is -0.140. The molecule has 0 spiro atoms. The number of aryl methyl sites for hydroxylation is 1. The number of fused-ring (bicyclic) bond motifs is 1. The molecule has 1 aliphatic carbocycles. The van der Waals surface area contributed by atoms with Crippen molar-refractivity contribution >= 4 is 5.97 Å².